The Morgan fingerprint density at radius 2 is 2.06 bits per heavy atom. The lowest BCUT2D eigenvalue weighted by Crippen LogP contribution is -2.06. The van der Waals surface area contributed by atoms with Crippen molar-refractivity contribution in [2.75, 3.05) is 6.61 Å². The van der Waals surface area contributed by atoms with Gasteiger partial charge in [0.15, 0.2) is 0 Å². The number of imidazole rings is 1. The lowest BCUT2D eigenvalue weighted by atomic mass is 10.3. The van der Waals surface area contributed by atoms with E-state index >= 15 is 0 Å². The second kappa shape index (κ2) is 6.07. The quantitative estimate of drug-likeness (QED) is 0.790. The molecule has 0 saturated carbocycles. The van der Waals surface area contributed by atoms with Gasteiger partial charge in [-0.2, -0.15) is 0 Å². The topological polar surface area (TPSA) is 27.1 Å². The minimum atomic E-state index is 0.445. The number of ether oxygens (including phenoxy) is 1. The molecule has 17 heavy (non-hydrogen) atoms. The van der Waals surface area contributed by atoms with Gasteiger partial charge in [0.05, 0.1) is 24.4 Å². The van der Waals surface area contributed by atoms with Crippen LogP contribution in [0.1, 0.15) is 5.69 Å². The van der Waals surface area contributed by atoms with E-state index in [4.69, 9.17) is 16.3 Å². The summed E-state index contributed by atoms with van der Waals surface area (Å²) in [6.45, 7) is 1.37. The Morgan fingerprint density at radius 1 is 1.29 bits per heavy atom. The molecule has 1 aromatic carbocycles. The third kappa shape index (κ3) is 3.75. The Morgan fingerprint density at radius 3 is 2.71 bits per heavy atom. The van der Waals surface area contributed by atoms with Crippen LogP contribution >= 0.6 is 27.5 Å². The molecule has 1 heterocycles. The number of aromatic nitrogens is 2. The molecule has 0 aliphatic carbocycles. The molecule has 0 aliphatic rings. The van der Waals surface area contributed by atoms with Crippen LogP contribution in [0.15, 0.2) is 41.3 Å². The summed E-state index contributed by atoms with van der Waals surface area (Å²) < 4.78 is 8.62. The smallest absolute Gasteiger partial charge is 0.119 e. The van der Waals surface area contributed by atoms with Crippen LogP contribution in [0.5, 0.6) is 5.75 Å². The Bertz CT molecular complexity index is 470. The summed E-state index contributed by atoms with van der Waals surface area (Å²) in [6, 6.07) is 7.78. The Labute approximate surface area is 114 Å². The largest absolute Gasteiger partial charge is 0.492 e. The maximum atomic E-state index is 5.67. The van der Waals surface area contributed by atoms with Crippen molar-refractivity contribution < 1.29 is 4.74 Å². The van der Waals surface area contributed by atoms with Gasteiger partial charge in [0, 0.05) is 10.7 Å². The molecule has 2 aromatic rings. The van der Waals surface area contributed by atoms with Gasteiger partial charge < -0.3 is 9.30 Å². The predicted molar refractivity (Wildman–Crippen MR) is 71.4 cm³/mol. The van der Waals surface area contributed by atoms with E-state index in [1.165, 1.54) is 0 Å². The van der Waals surface area contributed by atoms with E-state index in [1.807, 2.05) is 35.0 Å². The van der Waals surface area contributed by atoms with E-state index in [-0.39, 0.29) is 0 Å². The second-order valence-corrected chi connectivity index (χ2v) is 4.72. The molecule has 90 valence electrons. The first-order valence-corrected chi connectivity index (χ1v) is 6.55. The summed E-state index contributed by atoms with van der Waals surface area (Å²) in [4.78, 5) is 4.14. The summed E-state index contributed by atoms with van der Waals surface area (Å²) in [6.07, 6.45) is 3.70. The summed E-state index contributed by atoms with van der Waals surface area (Å²) in [5.74, 6) is 1.31. The molecule has 3 nitrogen and oxygen atoms in total. The molecule has 0 amide bonds. The molecule has 1 aromatic heterocycles. The molecule has 0 aliphatic heterocycles. The minimum absolute atomic E-state index is 0.445. The van der Waals surface area contributed by atoms with Crippen LogP contribution in [0, 0.1) is 0 Å². The van der Waals surface area contributed by atoms with Gasteiger partial charge in [-0.25, -0.2) is 4.98 Å². The highest BCUT2D eigenvalue weighted by atomic mass is 79.9. The average Bonchev–Trinajstić information content (AvgIpc) is 2.80. The van der Waals surface area contributed by atoms with Crippen LogP contribution in [0.2, 0.25) is 0 Å². The maximum absolute atomic E-state index is 5.67. The van der Waals surface area contributed by atoms with Crippen LogP contribution < -0.4 is 4.74 Å². The van der Waals surface area contributed by atoms with Crippen LogP contribution in [0.25, 0.3) is 0 Å². The van der Waals surface area contributed by atoms with Crippen LogP contribution in [0.4, 0.5) is 0 Å². The average molecular weight is 316 g/mol. The van der Waals surface area contributed by atoms with Crippen LogP contribution in [-0.2, 0) is 12.4 Å². The standard InChI is InChI=1S/C12H12BrClN2O/c13-10-1-3-12(4-2-10)17-6-5-16-8-11(7-14)15-9-16/h1-4,8-9H,5-7H2. The molecule has 0 unspecified atom stereocenters. The minimum Gasteiger partial charge on any atom is -0.492 e. The summed E-state index contributed by atoms with van der Waals surface area (Å²) in [5.41, 5.74) is 0.885. The Balaban J connectivity index is 1.81. The van der Waals surface area contributed by atoms with Crippen molar-refractivity contribution in [3.8, 4) is 5.75 Å². The Kier molecular flexibility index (Phi) is 4.45. The lowest BCUT2D eigenvalue weighted by Gasteiger charge is -2.06. The van der Waals surface area contributed by atoms with Crippen molar-refractivity contribution >= 4 is 27.5 Å². The van der Waals surface area contributed by atoms with Crippen LogP contribution in [0.3, 0.4) is 0 Å². The number of benzene rings is 1. The third-order valence-electron chi connectivity index (χ3n) is 2.26. The third-order valence-corrected chi connectivity index (χ3v) is 3.06. The maximum Gasteiger partial charge on any atom is 0.119 e. The number of nitrogens with zero attached hydrogens (tertiary/aromatic N) is 2. The van der Waals surface area contributed by atoms with Crippen molar-refractivity contribution in [3.63, 3.8) is 0 Å². The fourth-order valence-electron chi connectivity index (χ4n) is 1.40. The van der Waals surface area contributed by atoms with E-state index in [0.717, 1.165) is 22.5 Å². The van der Waals surface area contributed by atoms with Crippen molar-refractivity contribution in [1.82, 2.24) is 9.55 Å². The van der Waals surface area contributed by atoms with Gasteiger partial charge in [0.25, 0.3) is 0 Å². The SMILES string of the molecule is ClCc1cn(CCOc2ccc(Br)cc2)cn1. The predicted octanol–water partition coefficient (Wildman–Crippen LogP) is 3.46. The zero-order valence-corrected chi connectivity index (χ0v) is 11.5. The Hall–Kier alpha value is -1.00. The first-order chi connectivity index (χ1) is 8.28. The monoisotopic (exact) mass is 314 g/mol. The van der Waals surface area contributed by atoms with Gasteiger partial charge in [-0.1, -0.05) is 15.9 Å². The molecule has 0 spiro atoms. The molecule has 0 radical (unpaired) electrons. The number of hydrogen-bond acceptors (Lipinski definition) is 2. The van der Waals surface area contributed by atoms with E-state index in [2.05, 4.69) is 20.9 Å². The first kappa shape index (κ1) is 12.5. The van der Waals surface area contributed by atoms with Crippen LogP contribution in [-0.4, -0.2) is 16.2 Å². The summed E-state index contributed by atoms with van der Waals surface area (Å²) in [5, 5.41) is 0. The highest BCUT2D eigenvalue weighted by Crippen LogP contribution is 2.16. The molecular formula is C12H12BrClN2O. The fraction of sp³-hybridized carbons (Fsp3) is 0.250. The zero-order valence-electron chi connectivity index (χ0n) is 9.14. The van der Waals surface area contributed by atoms with E-state index in [1.54, 1.807) is 6.33 Å². The summed E-state index contributed by atoms with van der Waals surface area (Å²) >= 11 is 9.05. The molecule has 0 saturated heterocycles. The van der Waals surface area contributed by atoms with Crippen molar-refractivity contribution in [1.29, 1.82) is 0 Å². The van der Waals surface area contributed by atoms with Crippen molar-refractivity contribution in [3.05, 3.63) is 47.0 Å². The van der Waals surface area contributed by atoms with E-state index < -0.39 is 0 Å². The van der Waals surface area contributed by atoms with E-state index in [9.17, 15) is 0 Å². The van der Waals surface area contributed by atoms with Gasteiger partial charge in [-0.3, -0.25) is 0 Å². The molecule has 5 heteroatoms. The molecule has 2 rings (SSSR count). The number of alkyl halides is 1. The fourth-order valence-corrected chi connectivity index (χ4v) is 1.80. The van der Waals surface area contributed by atoms with Gasteiger partial charge in [0.2, 0.25) is 0 Å². The van der Waals surface area contributed by atoms with Gasteiger partial charge in [0.1, 0.15) is 12.4 Å². The number of hydrogen-bond donors (Lipinski definition) is 0. The van der Waals surface area contributed by atoms with Gasteiger partial charge >= 0.3 is 0 Å². The normalized spacial score (nSPS) is 10.5. The first-order valence-electron chi connectivity index (χ1n) is 5.23. The number of halogens is 2. The van der Waals surface area contributed by atoms with Crippen molar-refractivity contribution in [2.24, 2.45) is 0 Å². The van der Waals surface area contributed by atoms with Gasteiger partial charge in [-0.15, -0.1) is 11.6 Å². The molecule has 0 atom stereocenters. The highest BCUT2D eigenvalue weighted by molar-refractivity contribution is 9.10. The number of rotatable bonds is 5. The molecular weight excluding hydrogens is 304 g/mol. The zero-order chi connectivity index (χ0) is 12.1. The van der Waals surface area contributed by atoms with E-state index in [0.29, 0.717) is 12.5 Å². The van der Waals surface area contributed by atoms with Gasteiger partial charge in [-0.05, 0) is 24.3 Å². The van der Waals surface area contributed by atoms with Crippen molar-refractivity contribution in [2.45, 2.75) is 12.4 Å². The molecule has 0 bridgehead atoms. The second-order valence-electron chi connectivity index (χ2n) is 3.54. The lowest BCUT2D eigenvalue weighted by molar-refractivity contribution is 0.298. The molecule has 0 N–H and O–H groups in total. The highest BCUT2D eigenvalue weighted by Gasteiger charge is 1.98. The molecule has 0 fully saturated rings. The summed E-state index contributed by atoms with van der Waals surface area (Å²) in [7, 11) is 0.